The molecule has 0 atom stereocenters. The lowest BCUT2D eigenvalue weighted by Crippen LogP contribution is -2.45. The fourth-order valence-electron chi connectivity index (χ4n) is 7.56. The van der Waals surface area contributed by atoms with Gasteiger partial charge in [-0.3, -0.25) is 0 Å². The molecule has 8 rings (SSSR count). The molecule has 0 saturated carbocycles. The molecule has 0 heterocycles. The first-order chi connectivity index (χ1) is 25.8. The van der Waals surface area contributed by atoms with Crippen LogP contribution in [0.3, 0.4) is 0 Å². The molecule has 0 radical (unpaired) electrons. The van der Waals surface area contributed by atoms with E-state index in [2.05, 4.69) is 243 Å². The molecule has 0 spiro atoms. The Kier molecular flexibility index (Phi) is 10.2. The first kappa shape index (κ1) is 33.9. The van der Waals surface area contributed by atoms with Gasteiger partial charge in [-0.1, -0.05) is 146 Å². The van der Waals surface area contributed by atoms with Crippen molar-refractivity contribution in [1.29, 1.82) is 0 Å². The molecule has 0 aliphatic heterocycles. The third kappa shape index (κ3) is 6.09. The minimum absolute atomic E-state index is 1.12. The van der Waals surface area contributed by atoms with E-state index in [0.717, 1.165) is 0 Å². The Morgan fingerprint density at radius 1 is 0.231 bits per heavy atom. The van der Waals surface area contributed by atoms with Crippen LogP contribution in [-0.2, 0) is 0 Å². The fourth-order valence-corrected chi connectivity index (χ4v) is 25.9. The summed E-state index contributed by atoms with van der Waals surface area (Å²) in [6.07, 6.45) is 0. The lowest BCUT2D eigenvalue weighted by atomic mass is 10.4. The zero-order valence-corrected chi connectivity index (χ0v) is 31.6. The van der Waals surface area contributed by atoms with Gasteiger partial charge in [-0.15, -0.1) is 0 Å². The van der Waals surface area contributed by atoms with Crippen molar-refractivity contribution in [2.24, 2.45) is 0 Å². The third-order valence-electron chi connectivity index (χ3n) is 9.69. The summed E-state index contributed by atoms with van der Waals surface area (Å²) in [6, 6.07) is 91.6. The van der Waals surface area contributed by atoms with Crippen LogP contribution in [0.4, 0.5) is 0 Å². The average molecular weight is 722 g/mol. The second kappa shape index (κ2) is 15.6. The highest BCUT2D eigenvalue weighted by molar-refractivity contribution is 8.37. The van der Waals surface area contributed by atoms with E-state index in [-0.39, 0.29) is 0 Å². The number of hydrogen-bond acceptors (Lipinski definition) is 0. The summed E-state index contributed by atoms with van der Waals surface area (Å²) in [5.41, 5.74) is 0. The largest absolute Gasteiger partial charge is 0.391 e. The number of benzene rings is 8. The van der Waals surface area contributed by atoms with Gasteiger partial charge in [0.25, 0.3) is 7.55 Å². The topological polar surface area (TPSA) is 0 Å². The van der Waals surface area contributed by atoms with Crippen molar-refractivity contribution in [3.05, 3.63) is 243 Å². The highest BCUT2D eigenvalue weighted by atomic mass is 31.3. The lowest BCUT2D eigenvalue weighted by molar-refractivity contribution is 1.72. The van der Waals surface area contributed by atoms with Crippen LogP contribution in [0.15, 0.2) is 243 Å². The van der Waals surface area contributed by atoms with Gasteiger partial charge in [0.15, 0.2) is 10.6 Å². The van der Waals surface area contributed by atoms with Crippen LogP contribution in [0.1, 0.15) is 0 Å². The minimum Gasteiger partial charge on any atom is -0.0620 e. The quantitative estimate of drug-likeness (QED) is 0.124. The first-order valence-electron chi connectivity index (χ1n) is 17.7. The van der Waals surface area contributed by atoms with E-state index >= 15 is 0 Å². The van der Waals surface area contributed by atoms with Crippen LogP contribution >= 0.6 is 22.1 Å². The summed E-state index contributed by atoms with van der Waals surface area (Å²) in [7, 11) is -6.46. The standard InChI is InChI=1S/C49H40P3/c1-9-25-41(26-10-1)50(42-27-11-2-12-28-42)49(51(43-29-13-3-14-30-43,44-31-15-4-16-32-44)45-33-17-5-18-34-45)52(46-35-19-6-20-36-46,47-37-21-7-22-38-47)48-39-23-8-24-40-48/h1-40H/q+3. The second-order valence-corrected chi connectivity index (χ2v) is 22.5. The maximum atomic E-state index is 2.41. The van der Waals surface area contributed by atoms with E-state index in [1.165, 1.54) is 42.4 Å². The molecule has 0 fully saturated rings. The normalized spacial score (nSPS) is 11.5. The van der Waals surface area contributed by atoms with Crippen molar-refractivity contribution in [3.8, 4) is 0 Å². The highest BCUT2D eigenvalue weighted by Gasteiger charge is 2.73. The monoisotopic (exact) mass is 721 g/mol. The minimum atomic E-state index is -2.67. The second-order valence-electron chi connectivity index (χ2n) is 12.7. The van der Waals surface area contributed by atoms with Crippen LogP contribution in [0, 0.1) is 0 Å². The van der Waals surface area contributed by atoms with Crippen LogP contribution in [0.5, 0.6) is 0 Å². The van der Waals surface area contributed by atoms with Crippen molar-refractivity contribution in [2.45, 2.75) is 0 Å². The maximum absolute atomic E-state index is 2.67. The summed E-state index contributed by atoms with van der Waals surface area (Å²) in [5.74, 6) is 0. The molecule has 0 aliphatic rings. The molecular weight excluding hydrogens is 681 g/mol. The summed E-state index contributed by atoms with van der Waals surface area (Å²) >= 11 is 0. The molecule has 0 amide bonds. The van der Waals surface area contributed by atoms with Crippen LogP contribution in [-0.4, -0.2) is 4.78 Å². The summed E-state index contributed by atoms with van der Waals surface area (Å²) in [5, 5.41) is 10.9. The fraction of sp³-hybridized carbons (Fsp3) is 0. The van der Waals surface area contributed by atoms with E-state index in [9.17, 15) is 0 Å². The van der Waals surface area contributed by atoms with E-state index in [0.29, 0.717) is 0 Å². The Morgan fingerprint density at radius 3 is 0.596 bits per heavy atom. The molecule has 0 unspecified atom stereocenters. The molecule has 0 N–H and O–H groups in total. The van der Waals surface area contributed by atoms with E-state index < -0.39 is 22.1 Å². The van der Waals surface area contributed by atoms with E-state index in [1.54, 1.807) is 4.78 Å². The van der Waals surface area contributed by atoms with Crippen molar-refractivity contribution >= 4 is 69.3 Å². The van der Waals surface area contributed by atoms with Crippen molar-refractivity contribution in [1.82, 2.24) is 0 Å². The Bertz CT molecular complexity index is 1980. The Morgan fingerprint density at radius 2 is 0.404 bits per heavy atom. The SMILES string of the molecule is c1ccc([P+](=C([P+](c2ccccc2)(c2ccccc2)c2ccccc2)[P+](c2ccccc2)(c2ccccc2)c2ccccc2)c2ccccc2)cc1. The van der Waals surface area contributed by atoms with Gasteiger partial charge in [0.1, 0.15) is 31.8 Å². The molecular formula is C49H40P3+3. The average Bonchev–Trinajstić information content (AvgIpc) is 3.25. The van der Waals surface area contributed by atoms with E-state index in [4.69, 9.17) is 0 Å². The molecule has 8 aromatic rings. The van der Waals surface area contributed by atoms with Gasteiger partial charge in [0.05, 0.1) is 0 Å². The zero-order chi connectivity index (χ0) is 35.1. The Balaban J connectivity index is 1.76. The smallest absolute Gasteiger partial charge is 0.0620 e. The van der Waals surface area contributed by atoms with Crippen LogP contribution < -0.4 is 42.4 Å². The molecule has 0 aromatic heterocycles. The number of hydrogen-bond donors (Lipinski definition) is 0. The first-order valence-corrected chi connectivity index (χ1v) is 22.7. The summed E-state index contributed by atoms with van der Waals surface area (Å²) < 4.78 is 1.62. The van der Waals surface area contributed by atoms with Gasteiger partial charge in [-0.25, -0.2) is 0 Å². The lowest BCUT2D eigenvalue weighted by Gasteiger charge is -2.33. The Hall–Kier alpha value is -5.21. The zero-order valence-electron chi connectivity index (χ0n) is 28.9. The molecule has 0 saturated heterocycles. The molecule has 0 nitrogen and oxygen atoms in total. The molecule has 52 heavy (non-hydrogen) atoms. The summed E-state index contributed by atoms with van der Waals surface area (Å²) in [6.45, 7) is 0. The molecule has 248 valence electrons. The van der Waals surface area contributed by atoms with Crippen LogP contribution in [0.2, 0.25) is 0 Å². The van der Waals surface area contributed by atoms with Crippen molar-refractivity contribution < 1.29 is 0 Å². The molecule has 0 aliphatic carbocycles. The maximum Gasteiger partial charge on any atom is 0.391 e. The number of rotatable bonds is 10. The molecule has 0 bridgehead atoms. The van der Waals surface area contributed by atoms with Gasteiger partial charge in [-0.2, -0.15) is 0 Å². The predicted molar refractivity (Wildman–Crippen MR) is 234 cm³/mol. The van der Waals surface area contributed by atoms with Crippen molar-refractivity contribution in [2.75, 3.05) is 0 Å². The van der Waals surface area contributed by atoms with Gasteiger partial charge in [0.2, 0.25) is 14.5 Å². The van der Waals surface area contributed by atoms with Gasteiger partial charge >= 0.3 is 4.78 Å². The Labute approximate surface area is 310 Å². The van der Waals surface area contributed by atoms with Gasteiger partial charge in [-0.05, 0) is 97.1 Å². The van der Waals surface area contributed by atoms with E-state index in [1.807, 2.05) is 0 Å². The van der Waals surface area contributed by atoms with Crippen LogP contribution in [0.25, 0.3) is 0 Å². The van der Waals surface area contributed by atoms with Crippen molar-refractivity contribution in [3.63, 3.8) is 0 Å². The molecule has 3 heteroatoms. The molecule has 8 aromatic carbocycles. The predicted octanol–water partition coefficient (Wildman–Crippen LogP) is 9.19. The van der Waals surface area contributed by atoms with Gasteiger partial charge < -0.3 is 0 Å². The summed E-state index contributed by atoms with van der Waals surface area (Å²) in [4.78, 5) is 0. The van der Waals surface area contributed by atoms with Gasteiger partial charge in [0, 0.05) is 0 Å². The third-order valence-corrected chi connectivity index (χ3v) is 24.2. The highest BCUT2D eigenvalue weighted by Crippen LogP contribution is 2.76.